The molecule has 6 nitrogen and oxygen atoms in total. The minimum atomic E-state index is -0.736. The predicted octanol–water partition coefficient (Wildman–Crippen LogP) is 2.67. The largest absolute Gasteiger partial charge is 0.472 e. The zero-order valence-corrected chi connectivity index (χ0v) is 15.1. The number of nitrogens with zero attached hydrogens (tertiary/aromatic N) is 3. The van der Waals surface area contributed by atoms with E-state index in [0.29, 0.717) is 5.56 Å². The average Bonchev–Trinajstić information content (AvgIpc) is 3.37. The monoisotopic (exact) mass is 377 g/mol. The molecule has 0 radical (unpaired) electrons. The van der Waals surface area contributed by atoms with Crippen molar-refractivity contribution in [2.24, 2.45) is 10.7 Å². The Morgan fingerprint density at radius 1 is 1.21 bits per heavy atom. The highest BCUT2D eigenvalue weighted by atomic mass is 19.1. The van der Waals surface area contributed by atoms with Crippen LogP contribution in [0.5, 0.6) is 0 Å². The Bertz CT molecular complexity index is 1020. The number of halogens is 1. The molecular formula is C21H20FN5O. The summed E-state index contributed by atoms with van der Waals surface area (Å²) in [6, 6.07) is 13.1. The molecule has 5 rings (SSSR count). The van der Waals surface area contributed by atoms with Gasteiger partial charge in [0.25, 0.3) is 0 Å². The summed E-state index contributed by atoms with van der Waals surface area (Å²) in [5.74, 6) is -0.494. The van der Waals surface area contributed by atoms with Crippen molar-refractivity contribution < 1.29 is 8.81 Å². The van der Waals surface area contributed by atoms with Crippen LogP contribution in [0, 0.1) is 5.95 Å². The van der Waals surface area contributed by atoms with E-state index in [4.69, 9.17) is 15.1 Å². The van der Waals surface area contributed by atoms with E-state index in [2.05, 4.69) is 15.2 Å². The van der Waals surface area contributed by atoms with Gasteiger partial charge in [0, 0.05) is 23.9 Å². The molecule has 0 aliphatic carbocycles. The molecule has 0 saturated carbocycles. The van der Waals surface area contributed by atoms with Gasteiger partial charge in [-0.25, -0.2) is 4.98 Å². The number of nitrogens with one attached hydrogen (secondary N) is 1. The molecule has 0 bridgehead atoms. The van der Waals surface area contributed by atoms with E-state index >= 15 is 0 Å². The summed E-state index contributed by atoms with van der Waals surface area (Å²) in [4.78, 5) is 10.9. The lowest BCUT2D eigenvalue weighted by atomic mass is 9.80. The Morgan fingerprint density at radius 3 is 2.96 bits per heavy atom. The molecule has 28 heavy (non-hydrogen) atoms. The molecule has 3 unspecified atom stereocenters. The summed E-state index contributed by atoms with van der Waals surface area (Å²) in [7, 11) is 0. The van der Waals surface area contributed by atoms with E-state index in [9.17, 15) is 4.39 Å². The molecule has 7 heteroatoms. The number of hydrogen-bond acceptors (Lipinski definition) is 6. The maximum Gasteiger partial charge on any atom is 0.220 e. The molecule has 0 amide bonds. The Morgan fingerprint density at radius 2 is 2.14 bits per heavy atom. The minimum absolute atomic E-state index is 0.117. The first-order chi connectivity index (χ1) is 13.7. The van der Waals surface area contributed by atoms with Gasteiger partial charge in [-0.2, -0.15) is 4.39 Å². The minimum Gasteiger partial charge on any atom is -0.472 e. The van der Waals surface area contributed by atoms with E-state index < -0.39 is 11.5 Å². The van der Waals surface area contributed by atoms with Gasteiger partial charge in [0.2, 0.25) is 5.95 Å². The van der Waals surface area contributed by atoms with Crippen LogP contribution in [-0.2, 0) is 5.54 Å². The maximum absolute atomic E-state index is 14.3. The molecule has 3 aromatic rings. The normalized spacial score (nSPS) is 26.4. The van der Waals surface area contributed by atoms with Crippen molar-refractivity contribution in [1.82, 2.24) is 15.2 Å². The second-order valence-corrected chi connectivity index (χ2v) is 7.15. The van der Waals surface area contributed by atoms with Crippen molar-refractivity contribution in [2.45, 2.75) is 24.3 Å². The second-order valence-electron chi connectivity index (χ2n) is 7.15. The molecule has 142 valence electrons. The standard InChI is InChI=1S/C21H20FN5O/c22-19-17(5-2-8-24-19)14-3-1-4-15(11-14)21(16-7-10-28-12-16)20-26-18(23)6-9-27(20)13-25-21/h1-5,7-8,10-13,18,20,26H,6,9,23H2. The van der Waals surface area contributed by atoms with E-state index in [0.717, 1.165) is 29.7 Å². The predicted molar refractivity (Wildman–Crippen MR) is 104 cm³/mol. The fourth-order valence-corrected chi connectivity index (χ4v) is 4.16. The van der Waals surface area contributed by atoms with Crippen LogP contribution < -0.4 is 11.1 Å². The van der Waals surface area contributed by atoms with Gasteiger partial charge >= 0.3 is 0 Å². The van der Waals surface area contributed by atoms with Gasteiger partial charge in [0.05, 0.1) is 25.0 Å². The molecule has 1 saturated heterocycles. The summed E-state index contributed by atoms with van der Waals surface area (Å²) >= 11 is 0. The van der Waals surface area contributed by atoms with Gasteiger partial charge in [-0.3, -0.25) is 10.3 Å². The number of nitrogens with two attached hydrogens (primary N) is 1. The summed E-state index contributed by atoms with van der Waals surface area (Å²) < 4.78 is 19.7. The molecular weight excluding hydrogens is 357 g/mol. The van der Waals surface area contributed by atoms with Crippen LogP contribution in [0.15, 0.2) is 70.6 Å². The second kappa shape index (κ2) is 6.54. The number of aromatic nitrogens is 1. The van der Waals surface area contributed by atoms with Crippen molar-refractivity contribution in [3.8, 4) is 11.1 Å². The lowest BCUT2D eigenvalue weighted by molar-refractivity contribution is 0.148. The average molecular weight is 377 g/mol. The summed E-state index contributed by atoms with van der Waals surface area (Å²) in [5, 5.41) is 3.48. The zero-order valence-electron chi connectivity index (χ0n) is 15.1. The number of rotatable bonds is 3. The first-order valence-corrected chi connectivity index (χ1v) is 9.25. The zero-order chi connectivity index (χ0) is 19.1. The molecule has 3 N–H and O–H groups in total. The van der Waals surface area contributed by atoms with Crippen LogP contribution in [0.1, 0.15) is 17.5 Å². The maximum atomic E-state index is 14.3. The lowest BCUT2D eigenvalue weighted by Crippen LogP contribution is -2.63. The number of aliphatic imine (C=N–C) groups is 1. The first kappa shape index (κ1) is 17.1. The molecule has 3 atom stereocenters. The van der Waals surface area contributed by atoms with E-state index in [1.165, 1.54) is 6.20 Å². The highest BCUT2D eigenvalue weighted by molar-refractivity contribution is 5.68. The first-order valence-electron chi connectivity index (χ1n) is 9.25. The quantitative estimate of drug-likeness (QED) is 0.686. The third kappa shape index (κ3) is 2.55. The van der Waals surface area contributed by atoms with Gasteiger partial charge in [0.1, 0.15) is 11.7 Å². The van der Waals surface area contributed by atoms with Gasteiger partial charge in [-0.1, -0.05) is 18.2 Å². The van der Waals surface area contributed by atoms with Crippen molar-refractivity contribution >= 4 is 6.34 Å². The summed E-state index contributed by atoms with van der Waals surface area (Å²) in [5.41, 5.74) is 8.53. The van der Waals surface area contributed by atoms with Crippen molar-refractivity contribution in [2.75, 3.05) is 6.54 Å². The Balaban J connectivity index is 1.67. The smallest absolute Gasteiger partial charge is 0.220 e. The van der Waals surface area contributed by atoms with Gasteiger partial charge in [0.15, 0.2) is 0 Å². The summed E-state index contributed by atoms with van der Waals surface area (Å²) in [6.07, 6.45) is 7.24. The molecule has 2 aromatic heterocycles. The number of pyridine rings is 1. The topological polar surface area (TPSA) is 79.7 Å². The fraction of sp³-hybridized carbons (Fsp3) is 0.238. The molecule has 0 spiro atoms. The molecule has 4 heterocycles. The number of benzene rings is 1. The third-order valence-corrected chi connectivity index (χ3v) is 5.54. The summed E-state index contributed by atoms with van der Waals surface area (Å²) in [6.45, 7) is 0.818. The van der Waals surface area contributed by atoms with Crippen LogP contribution in [0.3, 0.4) is 0 Å². The Hall–Kier alpha value is -3.03. The van der Waals surface area contributed by atoms with Crippen molar-refractivity contribution in [1.29, 1.82) is 0 Å². The van der Waals surface area contributed by atoms with Crippen LogP contribution in [0.4, 0.5) is 4.39 Å². The van der Waals surface area contributed by atoms with Crippen LogP contribution in [0.2, 0.25) is 0 Å². The number of furan rings is 1. The highest BCUT2D eigenvalue weighted by Gasteiger charge is 2.50. The number of hydrogen-bond donors (Lipinski definition) is 2. The van der Waals surface area contributed by atoms with Gasteiger partial charge < -0.3 is 15.1 Å². The van der Waals surface area contributed by atoms with E-state index in [1.54, 1.807) is 24.7 Å². The molecule has 1 fully saturated rings. The lowest BCUT2D eigenvalue weighted by Gasteiger charge is -2.42. The third-order valence-electron chi connectivity index (χ3n) is 5.54. The van der Waals surface area contributed by atoms with Crippen LogP contribution in [-0.4, -0.2) is 35.1 Å². The number of fused-ring (bicyclic) bond motifs is 1. The Kier molecular flexibility index (Phi) is 3.99. The SMILES string of the molecule is NC1CCN2C=NC(c3ccoc3)(c3cccc(-c4cccnc4F)c3)C2N1. The molecule has 2 aliphatic rings. The van der Waals surface area contributed by atoms with E-state index in [-0.39, 0.29) is 12.3 Å². The van der Waals surface area contributed by atoms with Crippen LogP contribution in [0.25, 0.3) is 11.1 Å². The van der Waals surface area contributed by atoms with Gasteiger partial charge in [-0.15, -0.1) is 0 Å². The van der Waals surface area contributed by atoms with Crippen molar-refractivity contribution in [3.63, 3.8) is 0 Å². The Labute approximate surface area is 161 Å². The van der Waals surface area contributed by atoms with E-state index in [1.807, 2.05) is 36.7 Å². The van der Waals surface area contributed by atoms with Crippen LogP contribution >= 0.6 is 0 Å². The van der Waals surface area contributed by atoms with Gasteiger partial charge in [-0.05, 0) is 41.8 Å². The molecule has 1 aromatic carbocycles. The highest BCUT2D eigenvalue weighted by Crippen LogP contribution is 2.43. The fourth-order valence-electron chi connectivity index (χ4n) is 4.16. The van der Waals surface area contributed by atoms with Crippen molar-refractivity contribution in [3.05, 3.63) is 78.3 Å². The molecule has 2 aliphatic heterocycles.